The van der Waals surface area contributed by atoms with Crippen LogP contribution in [0.5, 0.6) is 0 Å². The molecule has 0 fully saturated rings. The van der Waals surface area contributed by atoms with E-state index in [9.17, 15) is 4.79 Å². The predicted octanol–water partition coefficient (Wildman–Crippen LogP) is 1.27. The van der Waals surface area contributed by atoms with Crippen LogP contribution in [0.3, 0.4) is 0 Å². The van der Waals surface area contributed by atoms with Crippen LogP contribution in [0, 0.1) is 18.3 Å². The maximum atomic E-state index is 11.3. The maximum Gasteiger partial charge on any atom is 0.234 e. The van der Waals surface area contributed by atoms with Crippen LogP contribution >= 0.6 is 0 Å². The summed E-state index contributed by atoms with van der Waals surface area (Å²) in [5.74, 6) is 1.55. The number of nitrogens with zero attached hydrogens (tertiary/aromatic N) is 1. The first-order valence-corrected chi connectivity index (χ1v) is 5.57. The van der Waals surface area contributed by atoms with Gasteiger partial charge in [-0.05, 0) is 26.0 Å². The Morgan fingerprint density at radius 1 is 1.59 bits per heavy atom. The fourth-order valence-electron chi connectivity index (χ4n) is 1.35. The number of hydrogen-bond donors (Lipinski definition) is 2. The van der Waals surface area contributed by atoms with E-state index < -0.39 is 0 Å². The highest BCUT2D eigenvalue weighted by molar-refractivity contribution is 5.78. The molecule has 1 aromatic heterocycles. The molecule has 2 N–H and O–H groups in total. The number of furan rings is 1. The normalized spacial score (nSPS) is 11.8. The van der Waals surface area contributed by atoms with Crippen molar-refractivity contribution in [1.82, 2.24) is 10.6 Å². The second kappa shape index (κ2) is 6.71. The van der Waals surface area contributed by atoms with Crippen LogP contribution in [-0.4, -0.2) is 19.0 Å². The smallest absolute Gasteiger partial charge is 0.234 e. The van der Waals surface area contributed by atoms with E-state index >= 15 is 0 Å². The molecule has 0 radical (unpaired) electrons. The Balaban J connectivity index is 2.26. The predicted molar refractivity (Wildman–Crippen MR) is 63.1 cm³/mol. The van der Waals surface area contributed by atoms with Gasteiger partial charge in [0.2, 0.25) is 5.91 Å². The Morgan fingerprint density at radius 3 is 2.94 bits per heavy atom. The minimum absolute atomic E-state index is 0.00887. The first kappa shape index (κ1) is 13.3. The minimum atomic E-state index is -0.115. The number of carbonyl (C=O) groups excluding carboxylic acids is 1. The summed E-state index contributed by atoms with van der Waals surface area (Å²) in [5.41, 5.74) is 0. The van der Waals surface area contributed by atoms with Gasteiger partial charge in [0.15, 0.2) is 0 Å². The Labute approximate surface area is 101 Å². The molecule has 0 aromatic carbocycles. The molecule has 0 aliphatic rings. The molecule has 17 heavy (non-hydrogen) atoms. The van der Waals surface area contributed by atoms with Gasteiger partial charge >= 0.3 is 0 Å². The van der Waals surface area contributed by atoms with Crippen LogP contribution in [0.2, 0.25) is 0 Å². The van der Waals surface area contributed by atoms with Crippen LogP contribution in [0.25, 0.3) is 0 Å². The van der Waals surface area contributed by atoms with Gasteiger partial charge in [-0.3, -0.25) is 10.1 Å². The molecule has 0 spiro atoms. The largest absolute Gasteiger partial charge is 0.465 e. The van der Waals surface area contributed by atoms with Gasteiger partial charge in [-0.25, -0.2) is 0 Å². The molecule has 1 amide bonds. The molecule has 1 aromatic rings. The third kappa shape index (κ3) is 4.70. The molecule has 0 aliphatic carbocycles. The van der Waals surface area contributed by atoms with Crippen LogP contribution in [-0.2, 0) is 4.79 Å². The van der Waals surface area contributed by atoms with Crippen molar-refractivity contribution in [2.75, 3.05) is 13.1 Å². The molecule has 0 aliphatic heterocycles. The van der Waals surface area contributed by atoms with E-state index in [1.807, 2.05) is 32.0 Å². The molecule has 0 bridgehead atoms. The Hall–Kier alpha value is -1.80. The molecular formula is C12H17N3O2. The summed E-state index contributed by atoms with van der Waals surface area (Å²) in [7, 11) is 0. The zero-order valence-corrected chi connectivity index (χ0v) is 10.1. The Kier molecular flexibility index (Phi) is 5.24. The van der Waals surface area contributed by atoms with Crippen molar-refractivity contribution in [2.45, 2.75) is 26.3 Å². The fourth-order valence-corrected chi connectivity index (χ4v) is 1.35. The number of nitriles is 1. The highest BCUT2D eigenvalue weighted by atomic mass is 16.3. The van der Waals surface area contributed by atoms with Gasteiger partial charge in [-0.15, -0.1) is 0 Å². The van der Waals surface area contributed by atoms with Crippen molar-refractivity contribution in [2.24, 2.45) is 0 Å². The van der Waals surface area contributed by atoms with E-state index in [4.69, 9.17) is 9.68 Å². The van der Waals surface area contributed by atoms with Crippen molar-refractivity contribution < 1.29 is 9.21 Å². The van der Waals surface area contributed by atoms with Crippen molar-refractivity contribution >= 4 is 5.91 Å². The van der Waals surface area contributed by atoms with Crippen molar-refractivity contribution in [3.05, 3.63) is 23.7 Å². The average Bonchev–Trinajstić information content (AvgIpc) is 2.73. The molecule has 1 unspecified atom stereocenters. The van der Waals surface area contributed by atoms with E-state index in [1.54, 1.807) is 0 Å². The van der Waals surface area contributed by atoms with Gasteiger partial charge in [0.25, 0.3) is 0 Å². The van der Waals surface area contributed by atoms with Crippen LogP contribution in [0.1, 0.15) is 30.9 Å². The van der Waals surface area contributed by atoms with Crippen LogP contribution < -0.4 is 10.6 Å². The third-order valence-corrected chi connectivity index (χ3v) is 2.32. The van der Waals surface area contributed by atoms with Gasteiger partial charge < -0.3 is 9.73 Å². The lowest BCUT2D eigenvalue weighted by Gasteiger charge is -2.10. The molecular weight excluding hydrogens is 218 g/mol. The first-order valence-electron chi connectivity index (χ1n) is 5.57. The van der Waals surface area contributed by atoms with E-state index in [1.165, 1.54) is 0 Å². The van der Waals surface area contributed by atoms with E-state index in [0.717, 1.165) is 11.5 Å². The zero-order chi connectivity index (χ0) is 12.7. The van der Waals surface area contributed by atoms with Crippen LogP contribution in [0.4, 0.5) is 0 Å². The topological polar surface area (TPSA) is 78.1 Å². The van der Waals surface area contributed by atoms with Crippen LogP contribution in [0.15, 0.2) is 16.5 Å². The summed E-state index contributed by atoms with van der Waals surface area (Å²) < 4.78 is 5.44. The van der Waals surface area contributed by atoms with E-state index in [0.29, 0.717) is 13.0 Å². The number of rotatable bonds is 6. The molecule has 1 rings (SSSR count). The standard InChI is InChI=1S/C12H17N3O2/c1-9-4-5-11(17-9)10(2)15-8-12(16)14-7-3-6-13/h4-5,10,15H,3,7-8H2,1-2H3,(H,14,16). The van der Waals surface area contributed by atoms with Gasteiger partial charge in [-0.2, -0.15) is 5.26 Å². The fraction of sp³-hybridized carbons (Fsp3) is 0.500. The second-order valence-corrected chi connectivity index (χ2v) is 3.81. The number of amides is 1. The molecule has 5 nitrogen and oxygen atoms in total. The lowest BCUT2D eigenvalue weighted by molar-refractivity contribution is -0.120. The number of carbonyl (C=O) groups is 1. The lowest BCUT2D eigenvalue weighted by atomic mass is 10.2. The molecule has 0 saturated carbocycles. The Morgan fingerprint density at radius 2 is 2.35 bits per heavy atom. The van der Waals surface area contributed by atoms with E-state index in [-0.39, 0.29) is 18.5 Å². The number of hydrogen-bond acceptors (Lipinski definition) is 4. The van der Waals surface area contributed by atoms with Crippen molar-refractivity contribution in [3.8, 4) is 6.07 Å². The van der Waals surface area contributed by atoms with Gasteiger partial charge in [-0.1, -0.05) is 0 Å². The minimum Gasteiger partial charge on any atom is -0.465 e. The monoisotopic (exact) mass is 235 g/mol. The third-order valence-electron chi connectivity index (χ3n) is 2.32. The second-order valence-electron chi connectivity index (χ2n) is 3.81. The summed E-state index contributed by atoms with van der Waals surface area (Å²) in [5, 5.41) is 14.0. The average molecular weight is 235 g/mol. The summed E-state index contributed by atoms with van der Waals surface area (Å²) in [4.78, 5) is 11.3. The SMILES string of the molecule is Cc1ccc(C(C)NCC(=O)NCCC#N)o1. The highest BCUT2D eigenvalue weighted by Crippen LogP contribution is 2.14. The summed E-state index contributed by atoms with van der Waals surface area (Å²) in [6.07, 6.45) is 0.332. The maximum absolute atomic E-state index is 11.3. The highest BCUT2D eigenvalue weighted by Gasteiger charge is 2.10. The van der Waals surface area contributed by atoms with Crippen molar-refractivity contribution in [3.63, 3.8) is 0 Å². The van der Waals surface area contributed by atoms with Gasteiger partial charge in [0.05, 0.1) is 25.1 Å². The molecule has 0 saturated heterocycles. The van der Waals surface area contributed by atoms with Gasteiger partial charge in [0, 0.05) is 6.54 Å². The molecule has 1 atom stereocenters. The summed E-state index contributed by atoms with van der Waals surface area (Å²) >= 11 is 0. The first-order chi connectivity index (χ1) is 8.13. The molecule has 1 heterocycles. The summed E-state index contributed by atoms with van der Waals surface area (Å²) in [6, 6.07) is 5.74. The van der Waals surface area contributed by atoms with Gasteiger partial charge in [0.1, 0.15) is 11.5 Å². The zero-order valence-electron chi connectivity index (χ0n) is 10.1. The lowest BCUT2D eigenvalue weighted by Crippen LogP contribution is -2.35. The number of aryl methyl sites for hydroxylation is 1. The number of nitrogens with one attached hydrogen (secondary N) is 2. The molecule has 92 valence electrons. The summed E-state index contributed by atoms with van der Waals surface area (Å²) in [6.45, 7) is 4.42. The van der Waals surface area contributed by atoms with E-state index in [2.05, 4.69) is 10.6 Å². The quantitative estimate of drug-likeness (QED) is 0.728. The molecule has 5 heteroatoms. The Bertz CT molecular complexity index is 406. The van der Waals surface area contributed by atoms with Crippen molar-refractivity contribution in [1.29, 1.82) is 5.26 Å².